The Labute approximate surface area is 115 Å². The van der Waals surface area contributed by atoms with Crippen LogP contribution in [0.5, 0.6) is 5.75 Å². The van der Waals surface area contributed by atoms with Crippen LogP contribution in [0.15, 0.2) is 10.5 Å². The van der Waals surface area contributed by atoms with E-state index in [9.17, 15) is 10.1 Å². The molecule has 0 saturated carbocycles. The van der Waals surface area contributed by atoms with Crippen LogP contribution < -0.4 is 4.74 Å². The Balaban J connectivity index is 2.40. The summed E-state index contributed by atoms with van der Waals surface area (Å²) in [5.74, 6) is 0.397. The zero-order valence-electron chi connectivity index (χ0n) is 10.4. The molecule has 0 radical (unpaired) electrons. The Kier molecular flexibility index (Phi) is 4.22. The van der Waals surface area contributed by atoms with E-state index in [4.69, 9.17) is 4.74 Å². The van der Waals surface area contributed by atoms with Crippen LogP contribution in [0.25, 0.3) is 0 Å². The molecule has 0 fully saturated rings. The Morgan fingerprint density at radius 2 is 2.28 bits per heavy atom. The van der Waals surface area contributed by atoms with E-state index in [0.717, 1.165) is 43.2 Å². The van der Waals surface area contributed by atoms with Gasteiger partial charge in [0.1, 0.15) is 0 Å². The standard InChI is InChI=1S/C13H16BrNO3/c1-2-3-7-18-13-11(14)8-9-5-4-6-10(9)12(13)15(16)17/h8H,2-7H2,1H3. The minimum atomic E-state index is -0.309. The maximum atomic E-state index is 11.3. The van der Waals surface area contributed by atoms with E-state index in [1.54, 1.807) is 0 Å². The fraction of sp³-hybridized carbons (Fsp3) is 0.538. The number of unbranched alkanes of at least 4 members (excludes halogenated alkanes) is 1. The molecule has 1 aliphatic rings. The number of nitro benzene ring substituents is 1. The van der Waals surface area contributed by atoms with Gasteiger partial charge in [0.15, 0.2) is 0 Å². The van der Waals surface area contributed by atoms with E-state index < -0.39 is 0 Å². The van der Waals surface area contributed by atoms with E-state index in [0.29, 0.717) is 16.8 Å². The van der Waals surface area contributed by atoms with Crippen molar-refractivity contribution in [3.8, 4) is 5.75 Å². The van der Waals surface area contributed by atoms with Crippen LogP contribution in [0, 0.1) is 10.1 Å². The van der Waals surface area contributed by atoms with E-state index in [-0.39, 0.29) is 10.6 Å². The van der Waals surface area contributed by atoms with Crippen LogP contribution in [0.2, 0.25) is 0 Å². The molecule has 0 spiro atoms. The molecule has 1 aliphatic carbocycles. The zero-order chi connectivity index (χ0) is 13.1. The molecular weight excluding hydrogens is 298 g/mol. The third-order valence-electron chi connectivity index (χ3n) is 3.21. The first-order valence-electron chi connectivity index (χ1n) is 6.26. The van der Waals surface area contributed by atoms with Gasteiger partial charge in [0, 0.05) is 5.56 Å². The van der Waals surface area contributed by atoms with Gasteiger partial charge < -0.3 is 4.74 Å². The summed E-state index contributed by atoms with van der Waals surface area (Å²) in [6.45, 7) is 2.59. The molecule has 2 rings (SSSR count). The van der Waals surface area contributed by atoms with Gasteiger partial charge in [-0.05, 0) is 53.2 Å². The predicted molar refractivity (Wildman–Crippen MR) is 73.2 cm³/mol. The van der Waals surface area contributed by atoms with Gasteiger partial charge >= 0.3 is 5.69 Å². The topological polar surface area (TPSA) is 52.4 Å². The third-order valence-corrected chi connectivity index (χ3v) is 3.80. The molecule has 0 aromatic heterocycles. The molecule has 0 saturated heterocycles. The second-order valence-electron chi connectivity index (χ2n) is 4.49. The predicted octanol–water partition coefficient (Wildman–Crippen LogP) is 4.02. The summed E-state index contributed by atoms with van der Waals surface area (Å²) < 4.78 is 6.31. The second kappa shape index (κ2) is 5.69. The van der Waals surface area contributed by atoms with Crippen molar-refractivity contribution < 1.29 is 9.66 Å². The molecule has 98 valence electrons. The summed E-state index contributed by atoms with van der Waals surface area (Å²) in [5.41, 5.74) is 2.10. The highest BCUT2D eigenvalue weighted by atomic mass is 79.9. The molecule has 0 bridgehead atoms. The number of halogens is 1. The van der Waals surface area contributed by atoms with Crippen LogP contribution in [0.1, 0.15) is 37.3 Å². The number of nitrogens with zero attached hydrogens (tertiary/aromatic N) is 1. The fourth-order valence-electron chi connectivity index (χ4n) is 2.31. The summed E-state index contributed by atoms with van der Waals surface area (Å²) >= 11 is 3.39. The molecule has 1 aromatic rings. The Morgan fingerprint density at radius 3 is 2.94 bits per heavy atom. The van der Waals surface area contributed by atoms with Crippen LogP contribution in [-0.2, 0) is 12.8 Å². The van der Waals surface area contributed by atoms with Gasteiger partial charge in [-0.3, -0.25) is 10.1 Å². The molecule has 0 atom stereocenters. The molecule has 18 heavy (non-hydrogen) atoms. The highest BCUT2D eigenvalue weighted by Crippen LogP contribution is 2.43. The first-order chi connectivity index (χ1) is 8.65. The van der Waals surface area contributed by atoms with Crippen molar-refractivity contribution in [2.24, 2.45) is 0 Å². The Bertz CT molecular complexity index is 474. The van der Waals surface area contributed by atoms with Crippen molar-refractivity contribution in [3.63, 3.8) is 0 Å². The lowest BCUT2D eigenvalue weighted by molar-refractivity contribution is -0.386. The number of hydrogen-bond donors (Lipinski definition) is 0. The summed E-state index contributed by atoms with van der Waals surface area (Å²) in [6, 6.07) is 1.97. The minimum Gasteiger partial charge on any atom is -0.486 e. The van der Waals surface area contributed by atoms with Gasteiger partial charge in [0.25, 0.3) is 0 Å². The second-order valence-corrected chi connectivity index (χ2v) is 5.34. The molecule has 0 N–H and O–H groups in total. The van der Waals surface area contributed by atoms with Crippen molar-refractivity contribution in [1.29, 1.82) is 0 Å². The van der Waals surface area contributed by atoms with Gasteiger partial charge in [-0.15, -0.1) is 0 Å². The smallest absolute Gasteiger partial charge is 0.315 e. The number of hydrogen-bond acceptors (Lipinski definition) is 3. The van der Waals surface area contributed by atoms with Gasteiger partial charge in [0.2, 0.25) is 5.75 Å². The van der Waals surface area contributed by atoms with Crippen molar-refractivity contribution in [3.05, 3.63) is 31.8 Å². The van der Waals surface area contributed by atoms with Gasteiger partial charge in [-0.25, -0.2) is 0 Å². The molecule has 4 nitrogen and oxygen atoms in total. The van der Waals surface area contributed by atoms with E-state index in [1.807, 2.05) is 6.07 Å². The summed E-state index contributed by atoms with van der Waals surface area (Å²) in [7, 11) is 0. The molecule has 1 aromatic carbocycles. The van der Waals surface area contributed by atoms with Crippen LogP contribution in [0.4, 0.5) is 5.69 Å². The maximum absolute atomic E-state index is 11.3. The number of rotatable bonds is 5. The number of aryl methyl sites for hydroxylation is 1. The SMILES string of the molecule is CCCCOc1c(Br)cc2c(c1[N+](=O)[O-])CCC2. The van der Waals surface area contributed by atoms with E-state index in [2.05, 4.69) is 22.9 Å². The Morgan fingerprint density at radius 1 is 1.50 bits per heavy atom. The maximum Gasteiger partial charge on any atom is 0.315 e. The molecule has 0 heterocycles. The highest BCUT2D eigenvalue weighted by Gasteiger charge is 2.29. The minimum absolute atomic E-state index is 0.160. The number of fused-ring (bicyclic) bond motifs is 1. The normalized spacial score (nSPS) is 13.4. The average Bonchev–Trinajstić information content (AvgIpc) is 2.76. The molecule has 0 amide bonds. The van der Waals surface area contributed by atoms with Crippen LogP contribution in [0.3, 0.4) is 0 Å². The number of nitro groups is 1. The lowest BCUT2D eigenvalue weighted by Crippen LogP contribution is -2.04. The lowest BCUT2D eigenvalue weighted by Gasteiger charge is -2.11. The summed E-state index contributed by atoms with van der Waals surface area (Å²) in [6.07, 6.45) is 4.60. The molecule has 5 heteroatoms. The van der Waals surface area contributed by atoms with Crippen molar-refractivity contribution >= 4 is 21.6 Å². The van der Waals surface area contributed by atoms with Gasteiger partial charge in [-0.2, -0.15) is 0 Å². The highest BCUT2D eigenvalue weighted by molar-refractivity contribution is 9.10. The zero-order valence-corrected chi connectivity index (χ0v) is 12.0. The molecular formula is C13H16BrNO3. The van der Waals surface area contributed by atoms with Crippen LogP contribution >= 0.6 is 15.9 Å². The van der Waals surface area contributed by atoms with E-state index >= 15 is 0 Å². The van der Waals surface area contributed by atoms with Crippen molar-refractivity contribution in [2.75, 3.05) is 6.61 Å². The quantitative estimate of drug-likeness (QED) is 0.468. The average molecular weight is 314 g/mol. The molecule has 0 aliphatic heterocycles. The van der Waals surface area contributed by atoms with Crippen molar-refractivity contribution in [2.45, 2.75) is 39.0 Å². The summed E-state index contributed by atoms with van der Waals surface area (Å²) in [4.78, 5) is 11.0. The molecule has 0 unspecified atom stereocenters. The monoisotopic (exact) mass is 313 g/mol. The first-order valence-corrected chi connectivity index (χ1v) is 7.06. The Hall–Kier alpha value is -1.10. The van der Waals surface area contributed by atoms with E-state index in [1.165, 1.54) is 0 Å². The lowest BCUT2D eigenvalue weighted by atomic mass is 10.1. The van der Waals surface area contributed by atoms with Gasteiger partial charge in [-0.1, -0.05) is 13.3 Å². The first kappa shape index (κ1) is 13.3. The van der Waals surface area contributed by atoms with Gasteiger partial charge in [0.05, 0.1) is 16.0 Å². The number of benzene rings is 1. The third kappa shape index (κ3) is 2.51. The summed E-state index contributed by atoms with van der Waals surface area (Å²) in [5, 5.41) is 11.3. The van der Waals surface area contributed by atoms with Crippen molar-refractivity contribution in [1.82, 2.24) is 0 Å². The number of ether oxygens (including phenoxy) is 1. The van der Waals surface area contributed by atoms with Crippen LogP contribution in [-0.4, -0.2) is 11.5 Å². The largest absolute Gasteiger partial charge is 0.486 e. The fourth-order valence-corrected chi connectivity index (χ4v) is 2.89.